The summed E-state index contributed by atoms with van der Waals surface area (Å²) in [7, 11) is 0. The number of aliphatic carboxylic acids is 1. The Morgan fingerprint density at radius 1 is 1.45 bits per heavy atom. The maximum Gasteiger partial charge on any atom is 0.317 e. The van der Waals surface area contributed by atoms with Crippen molar-refractivity contribution in [3.63, 3.8) is 0 Å². The standard InChI is InChI=1S/C14H24N2O3S/c1-20-14(6-7-14)10-15-13(19)16-8-2-3-11(9-16)4-5-12(17)18/h11H,2-10H2,1H3,(H,15,19)(H,17,18). The minimum absolute atomic E-state index is 0.0188. The smallest absolute Gasteiger partial charge is 0.317 e. The summed E-state index contributed by atoms with van der Waals surface area (Å²) in [6.07, 6.45) is 7.37. The normalized spacial score (nSPS) is 24.2. The number of amides is 2. The molecule has 1 saturated carbocycles. The third kappa shape index (κ3) is 4.30. The number of hydrogen-bond acceptors (Lipinski definition) is 3. The molecule has 2 aliphatic rings. The monoisotopic (exact) mass is 300 g/mol. The van der Waals surface area contributed by atoms with Gasteiger partial charge in [0, 0.05) is 30.8 Å². The van der Waals surface area contributed by atoms with Crippen molar-refractivity contribution in [1.29, 1.82) is 0 Å². The van der Waals surface area contributed by atoms with Gasteiger partial charge in [0.2, 0.25) is 0 Å². The van der Waals surface area contributed by atoms with Crippen LogP contribution in [0, 0.1) is 5.92 Å². The second-order valence-electron chi connectivity index (χ2n) is 5.93. The molecule has 1 aliphatic carbocycles. The molecule has 6 heteroatoms. The molecule has 20 heavy (non-hydrogen) atoms. The fraction of sp³-hybridized carbons (Fsp3) is 0.857. The van der Waals surface area contributed by atoms with E-state index in [-0.39, 0.29) is 17.2 Å². The molecule has 1 saturated heterocycles. The zero-order valence-corrected chi connectivity index (χ0v) is 12.9. The Hall–Kier alpha value is -0.910. The van der Waals surface area contributed by atoms with Crippen LogP contribution in [0.5, 0.6) is 0 Å². The van der Waals surface area contributed by atoms with Crippen LogP contribution >= 0.6 is 11.8 Å². The molecule has 2 fully saturated rings. The van der Waals surface area contributed by atoms with E-state index in [0.717, 1.165) is 25.9 Å². The lowest BCUT2D eigenvalue weighted by Gasteiger charge is -2.33. The summed E-state index contributed by atoms with van der Waals surface area (Å²) in [5, 5.41) is 11.8. The summed E-state index contributed by atoms with van der Waals surface area (Å²) in [4.78, 5) is 24.6. The Morgan fingerprint density at radius 2 is 2.20 bits per heavy atom. The van der Waals surface area contributed by atoms with Crippen LogP contribution in [0.15, 0.2) is 0 Å². The first-order valence-electron chi connectivity index (χ1n) is 7.34. The van der Waals surface area contributed by atoms with Crippen LogP contribution in [-0.2, 0) is 4.79 Å². The Balaban J connectivity index is 1.73. The highest BCUT2D eigenvalue weighted by atomic mass is 32.2. The lowest BCUT2D eigenvalue weighted by Crippen LogP contribution is -2.47. The largest absolute Gasteiger partial charge is 0.481 e. The molecule has 5 nitrogen and oxygen atoms in total. The first-order chi connectivity index (χ1) is 9.54. The summed E-state index contributed by atoms with van der Waals surface area (Å²) >= 11 is 1.84. The van der Waals surface area contributed by atoms with Gasteiger partial charge in [-0.3, -0.25) is 4.79 Å². The molecule has 0 radical (unpaired) electrons. The Morgan fingerprint density at radius 3 is 2.80 bits per heavy atom. The van der Waals surface area contributed by atoms with E-state index >= 15 is 0 Å². The molecular formula is C14H24N2O3S. The van der Waals surface area contributed by atoms with Crippen molar-refractivity contribution in [2.45, 2.75) is 43.3 Å². The predicted molar refractivity (Wildman–Crippen MR) is 80.0 cm³/mol. The van der Waals surface area contributed by atoms with Gasteiger partial charge in [0.15, 0.2) is 0 Å². The molecule has 0 aromatic carbocycles. The summed E-state index contributed by atoms with van der Waals surface area (Å²) in [5.74, 6) is -0.414. The number of carboxylic acid groups (broad SMARTS) is 1. The average molecular weight is 300 g/mol. The second kappa shape index (κ2) is 6.70. The van der Waals surface area contributed by atoms with Gasteiger partial charge < -0.3 is 15.3 Å². The van der Waals surface area contributed by atoms with Gasteiger partial charge in [0.25, 0.3) is 0 Å². The maximum atomic E-state index is 12.2. The highest BCUT2D eigenvalue weighted by Crippen LogP contribution is 2.46. The molecule has 2 N–H and O–H groups in total. The summed E-state index contributed by atoms with van der Waals surface area (Å²) < 4.78 is 0.286. The van der Waals surface area contributed by atoms with Gasteiger partial charge in [-0.05, 0) is 44.3 Å². The number of piperidine rings is 1. The first kappa shape index (κ1) is 15.5. The van der Waals surface area contributed by atoms with Gasteiger partial charge in [-0.2, -0.15) is 11.8 Å². The molecule has 1 heterocycles. The van der Waals surface area contributed by atoms with Gasteiger partial charge in [-0.1, -0.05) is 0 Å². The van der Waals surface area contributed by atoms with Crippen LogP contribution in [-0.4, -0.2) is 52.6 Å². The van der Waals surface area contributed by atoms with E-state index in [1.807, 2.05) is 16.7 Å². The third-order valence-electron chi connectivity index (χ3n) is 4.38. The molecule has 0 bridgehead atoms. The Labute approximate surface area is 124 Å². The van der Waals surface area contributed by atoms with Crippen LogP contribution in [0.2, 0.25) is 0 Å². The van der Waals surface area contributed by atoms with Crippen molar-refractivity contribution in [3.8, 4) is 0 Å². The fourth-order valence-corrected chi connectivity index (χ4v) is 3.48. The number of nitrogens with zero attached hydrogens (tertiary/aromatic N) is 1. The highest BCUT2D eigenvalue weighted by molar-refractivity contribution is 8.00. The van der Waals surface area contributed by atoms with Gasteiger partial charge in [0.1, 0.15) is 0 Å². The van der Waals surface area contributed by atoms with Crippen molar-refractivity contribution in [2.24, 2.45) is 5.92 Å². The van der Waals surface area contributed by atoms with Crippen LogP contribution in [0.4, 0.5) is 4.79 Å². The number of likely N-dealkylation sites (tertiary alicyclic amines) is 1. The SMILES string of the molecule is CSC1(CNC(=O)N2CCCC(CCC(=O)O)C2)CC1. The van der Waals surface area contributed by atoms with E-state index in [0.29, 0.717) is 18.9 Å². The van der Waals surface area contributed by atoms with E-state index in [4.69, 9.17) is 5.11 Å². The fourth-order valence-electron chi connectivity index (χ4n) is 2.75. The van der Waals surface area contributed by atoms with Crippen LogP contribution in [0.1, 0.15) is 38.5 Å². The van der Waals surface area contributed by atoms with Crippen molar-refractivity contribution in [3.05, 3.63) is 0 Å². The van der Waals surface area contributed by atoms with Crippen LogP contribution in [0.3, 0.4) is 0 Å². The van der Waals surface area contributed by atoms with Gasteiger partial charge >= 0.3 is 12.0 Å². The maximum absolute atomic E-state index is 12.2. The first-order valence-corrected chi connectivity index (χ1v) is 8.57. The van der Waals surface area contributed by atoms with E-state index in [1.165, 1.54) is 12.8 Å². The molecule has 1 aliphatic heterocycles. The molecule has 0 aromatic rings. The van der Waals surface area contributed by atoms with Gasteiger partial charge in [-0.25, -0.2) is 4.79 Å². The predicted octanol–water partition coefficient (Wildman–Crippen LogP) is 2.17. The van der Waals surface area contributed by atoms with Crippen LogP contribution < -0.4 is 5.32 Å². The molecule has 1 atom stereocenters. The molecule has 0 spiro atoms. The molecular weight excluding hydrogens is 276 g/mol. The van der Waals surface area contributed by atoms with E-state index in [9.17, 15) is 9.59 Å². The highest BCUT2D eigenvalue weighted by Gasteiger charge is 2.42. The van der Waals surface area contributed by atoms with Gasteiger partial charge in [0.05, 0.1) is 0 Å². The summed E-state index contributed by atoms with van der Waals surface area (Å²) in [6, 6.07) is 0.0188. The topological polar surface area (TPSA) is 69.6 Å². The molecule has 2 rings (SSSR count). The molecule has 0 aromatic heterocycles. The van der Waals surface area contributed by atoms with Crippen molar-refractivity contribution >= 4 is 23.8 Å². The zero-order valence-electron chi connectivity index (χ0n) is 12.1. The number of urea groups is 1. The van der Waals surface area contributed by atoms with E-state index < -0.39 is 5.97 Å². The minimum Gasteiger partial charge on any atom is -0.481 e. The number of carbonyl (C=O) groups is 2. The van der Waals surface area contributed by atoms with Crippen molar-refractivity contribution in [2.75, 3.05) is 25.9 Å². The number of nitrogens with one attached hydrogen (secondary N) is 1. The van der Waals surface area contributed by atoms with E-state index in [2.05, 4.69) is 11.6 Å². The second-order valence-corrected chi connectivity index (χ2v) is 7.21. The number of carbonyl (C=O) groups excluding carboxylic acids is 1. The number of rotatable bonds is 6. The number of thioether (sulfide) groups is 1. The van der Waals surface area contributed by atoms with Gasteiger partial charge in [-0.15, -0.1) is 0 Å². The lowest BCUT2D eigenvalue weighted by atomic mass is 9.93. The summed E-state index contributed by atoms with van der Waals surface area (Å²) in [6.45, 7) is 2.25. The molecule has 1 unspecified atom stereocenters. The quantitative estimate of drug-likeness (QED) is 0.789. The third-order valence-corrected chi connectivity index (χ3v) is 5.79. The molecule has 114 valence electrons. The average Bonchev–Trinajstić information content (AvgIpc) is 3.23. The Kier molecular flexibility index (Phi) is 5.18. The summed E-state index contributed by atoms with van der Waals surface area (Å²) in [5.41, 5.74) is 0. The number of hydrogen-bond donors (Lipinski definition) is 2. The number of carboxylic acids is 1. The molecule has 2 amide bonds. The zero-order chi connectivity index (χ0) is 14.6. The lowest BCUT2D eigenvalue weighted by molar-refractivity contribution is -0.137. The minimum atomic E-state index is -0.748. The van der Waals surface area contributed by atoms with Crippen molar-refractivity contribution < 1.29 is 14.7 Å². The van der Waals surface area contributed by atoms with E-state index in [1.54, 1.807) is 0 Å². The van der Waals surface area contributed by atoms with Crippen molar-refractivity contribution in [1.82, 2.24) is 10.2 Å². The van der Waals surface area contributed by atoms with Crippen LogP contribution in [0.25, 0.3) is 0 Å². The Bertz CT molecular complexity index is 371.